The summed E-state index contributed by atoms with van der Waals surface area (Å²) in [4.78, 5) is 11.4. The van der Waals surface area contributed by atoms with E-state index in [0.717, 1.165) is 47.9 Å². The number of phenolic OH excluding ortho intramolecular Hbond substituents is 1. The second kappa shape index (κ2) is 10.0. The van der Waals surface area contributed by atoms with Crippen LogP contribution in [-0.4, -0.2) is 16.2 Å². The van der Waals surface area contributed by atoms with E-state index in [1.165, 1.54) is 23.8 Å². The molecule has 1 atom stereocenters. The predicted molar refractivity (Wildman–Crippen MR) is 143 cm³/mol. The number of benzene rings is 3. The Morgan fingerprint density at radius 1 is 1.05 bits per heavy atom. The van der Waals surface area contributed by atoms with Crippen LogP contribution in [0.25, 0.3) is 16.7 Å². The minimum absolute atomic E-state index is 0.0145. The fraction of sp³-hybridized carbons (Fsp3) is 0.344. The third-order valence-electron chi connectivity index (χ3n) is 7.74. The minimum atomic E-state index is -0.775. The Balaban J connectivity index is 1.43. The van der Waals surface area contributed by atoms with E-state index in [-0.39, 0.29) is 29.3 Å². The normalized spacial score (nSPS) is 17.3. The largest absolute Gasteiger partial charge is 0.508 e. The highest BCUT2D eigenvalue weighted by Crippen LogP contribution is 2.48. The summed E-state index contributed by atoms with van der Waals surface area (Å²) in [6, 6.07) is 17.8. The Kier molecular flexibility index (Phi) is 6.80. The molecule has 2 aliphatic carbocycles. The topological polar surface area (TPSA) is 66.8 Å². The number of allylic oxidation sites excluding steroid dienone is 2. The zero-order valence-electron chi connectivity index (χ0n) is 21.3. The molecule has 0 spiro atoms. The van der Waals surface area contributed by atoms with Gasteiger partial charge in [0, 0.05) is 5.56 Å². The van der Waals surface area contributed by atoms with Gasteiger partial charge in [-0.3, -0.25) is 4.79 Å². The second-order valence-corrected chi connectivity index (χ2v) is 11.0. The molecule has 5 heteroatoms. The minimum Gasteiger partial charge on any atom is -0.508 e. The summed E-state index contributed by atoms with van der Waals surface area (Å²) < 4.78 is 21.0. The van der Waals surface area contributed by atoms with E-state index in [9.17, 15) is 19.4 Å². The fourth-order valence-electron chi connectivity index (χ4n) is 5.57. The maximum Gasteiger partial charge on any atom is 0.303 e. The standard InChI is InChI=1S/C32H33FO4/c1-32(2)14-4-7-29(32)27-15-20(8-12-25(27)28-17-23(34)11-13-30(28)33)19-37-24-6-3-5-22(16-24)26(18-31(35)36)21-9-10-21/h3,5-8,11-13,15-17,21,26,34H,4,9-10,14,18-19H2,1-2H3,(H,35,36)/t26-/m1/s1. The highest BCUT2D eigenvalue weighted by molar-refractivity contribution is 5.85. The SMILES string of the molecule is CC1(C)CCC=C1c1cc(COc2cccc([C@H](CC(=O)O)C3CC3)c2)ccc1-c1cc(O)ccc1F. The Hall–Kier alpha value is -3.60. The summed E-state index contributed by atoms with van der Waals surface area (Å²) in [6.45, 7) is 4.74. The summed E-state index contributed by atoms with van der Waals surface area (Å²) >= 11 is 0. The number of carboxylic acids is 1. The van der Waals surface area contributed by atoms with Gasteiger partial charge < -0.3 is 14.9 Å². The first-order valence-corrected chi connectivity index (χ1v) is 13.0. The molecule has 2 N–H and O–H groups in total. The molecule has 0 saturated heterocycles. The van der Waals surface area contributed by atoms with Gasteiger partial charge in [0.05, 0.1) is 6.42 Å². The molecule has 4 nitrogen and oxygen atoms in total. The molecule has 0 radical (unpaired) electrons. The van der Waals surface area contributed by atoms with Crippen molar-refractivity contribution in [2.75, 3.05) is 0 Å². The van der Waals surface area contributed by atoms with Crippen molar-refractivity contribution in [2.45, 2.75) is 58.5 Å². The Labute approximate surface area is 217 Å². The molecule has 0 bridgehead atoms. The lowest BCUT2D eigenvalue weighted by atomic mass is 9.79. The highest BCUT2D eigenvalue weighted by Gasteiger charge is 2.34. The van der Waals surface area contributed by atoms with Crippen LogP contribution in [0.4, 0.5) is 4.39 Å². The van der Waals surface area contributed by atoms with E-state index in [4.69, 9.17) is 4.74 Å². The average Bonchev–Trinajstić information content (AvgIpc) is 3.65. The van der Waals surface area contributed by atoms with E-state index >= 15 is 0 Å². The quantitative estimate of drug-likeness (QED) is 0.313. The van der Waals surface area contributed by atoms with Crippen molar-refractivity contribution >= 4 is 11.5 Å². The lowest BCUT2D eigenvalue weighted by molar-refractivity contribution is -0.137. The van der Waals surface area contributed by atoms with Gasteiger partial charge in [-0.2, -0.15) is 0 Å². The van der Waals surface area contributed by atoms with Gasteiger partial charge in [0.25, 0.3) is 0 Å². The lowest BCUT2D eigenvalue weighted by Crippen LogP contribution is -2.10. The zero-order chi connectivity index (χ0) is 26.2. The van der Waals surface area contributed by atoms with Gasteiger partial charge >= 0.3 is 5.97 Å². The summed E-state index contributed by atoms with van der Waals surface area (Å²) in [5.74, 6) is 0.0364. The summed E-state index contributed by atoms with van der Waals surface area (Å²) in [5, 5.41) is 19.4. The molecule has 1 saturated carbocycles. The average molecular weight is 501 g/mol. The van der Waals surface area contributed by atoms with Crippen molar-refractivity contribution < 1.29 is 24.1 Å². The van der Waals surface area contributed by atoms with Crippen LogP contribution < -0.4 is 4.74 Å². The third kappa shape index (κ3) is 5.56. The van der Waals surface area contributed by atoms with Crippen LogP contribution in [0.5, 0.6) is 11.5 Å². The molecule has 5 rings (SSSR count). The first-order valence-electron chi connectivity index (χ1n) is 13.0. The van der Waals surface area contributed by atoms with Crippen molar-refractivity contribution in [3.63, 3.8) is 0 Å². The Morgan fingerprint density at radius 3 is 2.57 bits per heavy atom. The van der Waals surface area contributed by atoms with Crippen molar-refractivity contribution in [2.24, 2.45) is 11.3 Å². The number of phenols is 1. The molecule has 0 unspecified atom stereocenters. The lowest BCUT2D eigenvalue weighted by Gasteiger charge is -2.25. The molecule has 1 fully saturated rings. The van der Waals surface area contributed by atoms with Crippen LogP contribution in [0.2, 0.25) is 0 Å². The van der Waals surface area contributed by atoms with Crippen molar-refractivity contribution in [3.8, 4) is 22.6 Å². The fourth-order valence-corrected chi connectivity index (χ4v) is 5.57. The number of halogens is 1. The zero-order valence-corrected chi connectivity index (χ0v) is 21.3. The van der Waals surface area contributed by atoms with Crippen molar-refractivity contribution in [1.29, 1.82) is 0 Å². The molecular formula is C32H33FO4. The van der Waals surface area contributed by atoms with Crippen LogP contribution in [0, 0.1) is 17.2 Å². The summed E-state index contributed by atoms with van der Waals surface area (Å²) in [7, 11) is 0. The van der Waals surface area contributed by atoms with E-state index in [1.54, 1.807) is 0 Å². The molecule has 3 aromatic carbocycles. The number of hydrogen-bond donors (Lipinski definition) is 2. The smallest absolute Gasteiger partial charge is 0.303 e. The number of rotatable bonds is 9. The molecule has 0 aliphatic heterocycles. The van der Waals surface area contributed by atoms with E-state index < -0.39 is 5.97 Å². The molecule has 0 heterocycles. The van der Waals surface area contributed by atoms with Gasteiger partial charge in [-0.25, -0.2) is 4.39 Å². The van der Waals surface area contributed by atoms with Gasteiger partial charge in [-0.1, -0.05) is 44.2 Å². The third-order valence-corrected chi connectivity index (χ3v) is 7.74. The number of hydrogen-bond acceptors (Lipinski definition) is 3. The van der Waals surface area contributed by atoms with Crippen molar-refractivity contribution in [3.05, 3.63) is 89.2 Å². The monoisotopic (exact) mass is 500 g/mol. The van der Waals surface area contributed by atoms with Crippen LogP contribution in [0.1, 0.15) is 68.6 Å². The molecule has 37 heavy (non-hydrogen) atoms. The van der Waals surface area contributed by atoms with E-state index in [2.05, 4.69) is 26.0 Å². The van der Waals surface area contributed by atoms with Gasteiger partial charge in [0.15, 0.2) is 0 Å². The van der Waals surface area contributed by atoms with Gasteiger partial charge in [-0.15, -0.1) is 0 Å². The van der Waals surface area contributed by atoms with Gasteiger partial charge in [0.1, 0.15) is 23.9 Å². The van der Waals surface area contributed by atoms with E-state index in [1.807, 2.05) is 36.4 Å². The molecule has 3 aromatic rings. The van der Waals surface area contributed by atoms with Gasteiger partial charge in [-0.05, 0) is 107 Å². The molecule has 0 aromatic heterocycles. The molecular weight excluding hydrogens is 467 g/mol. The van der Waals surface area contributed by atoms with Gasteiger partial charge in [0.2, 0.25) is 0 Å². The highest BCUT2D eigenvalue weighted by atomic mass is 19.1. The number of carboxylic acid groups (broad SMARTS) is 1. The first-order chi connectivity index (χ1) is 17.7. The number of aliphatic carboxylic acids is 1. The van der Waals surface area contributed by atoms with Crippen LogP contribution in [0.15, 0.2) is 66.7 Å². The summed E-state index contributed by atoms with van der Waals surface area (Å²) in [5.41, 5.74) is 5.18. The van der Waals surface area contributed by atoms with Crippen molar-refractivity contribution in [1.82, 2.24) is 0 Å². The van der Waals surface area contributed by atoms with Crippen LogP contribution >= 0.6 is 0 Å². The molecule has 2 aliphatic rings. The Bertz CT molecular complexity index is 1350. The first kappa shape index (κ1) is 25.1. The van der Waals surface area contributed by atoms with Crippen LogP contribution in [0.3, 0.4) is 0 Å². The maximum atomic E-state index is 14.8. The number of aromatic hydroxyl groups is 1. The Morgan fingerprint density at radius 2 is 1.86 bits per heavy atom. The molecule has 192 valence electrons. The molecule has 0 amide bonds. The predicted octanol–water partition coefficient (Wildman–Crippen LogP) is 7.95. The summed E-state index contributed by atoms with van der Waals surface area (Å²) in [6.07, 6.45) is 6.50. The van der Waals surface area contributed by atoms with Crippen LogP contribution in [-0.2, 0) is 11.4 Å². The number of ether oxygens (including phenoxy) is 1. The number of carbonyl (C=O) groups is 1. The van der Waals surface area contributed by atoms with E-state index in [0.29, 0.717) is 23.8 Å². The second-order valence-electron chi connectivity index (χ2n) is 11.0. The maximum absolute atomic E-state index is 14.8.